The second-order valence-corrected chi connectivity index (χ2v) is 4.16. The van der Waals surface area contributed by atoms with Gasteiger partial charge in [0, 0.05) is 20.1 Å². The Kier molecular flexibility index (Phi) is 6.33. The van der Waals surface area contributed by atoms with Crippen molar-refractivity contribution in [2.75, 3.05) is 13.7 Å². The Bertz CT molecular complexity index is 330. The van der Waals surface area contributed by atoms with Gasteiger partial charge in [0.25, 0.3) is 0 Å². The molecule has 0 amide bonds. The Morgan fingerprint density at radius 2 is 1.65 bits per heavy atom. The number of carbonyl (C=O) groups is 1. The molecule has 1 aromatic carbocycles. The third kappa shape index (κ3) is 6.07. The number of hydrogen-bond acceptors (Lipinski definition) is 2. The zero-order valence-corrected chi connectivity index (χ0v) is 10.3. The average molecular weight is 236 g/mol. The van der Waals surface area contributed by atoms with E-state index >= 15 is 0 Å². The van der Waals surface area contributed by atoms with Crippen molar-refractivity contribution in [1.29, 1.82) is 0 Å². The minimum Gasteiger partial charge on any atom is -0.481 e. The summed E-state index contributed by atoms with van der Waals surface area (Å²) in [5.41, 5.74) is 2.52. The topological polar surface area (TPSA) is 46.5 Å². The lowest BCUT2D eigenvalue weighted by atomic mass is 10.0. The van der Waals surface area contributed by atoms with Gasteiger partial charge in [-0.25, -0.2) is 0 Å². The van der Waals surface area contributed by atoms with Crippen LogP contribution >= 0.6 is 0 Å². The molecule has 0 heterocycles. The highest BCUT2D eigenvalue weighted by Crippen LogP contribution is 2.09. The lowest BCUT2D eigenvalue weighted by Crippen LogP contribution is -1.96. The van der Waals surface area contributed by atoms with Crippen LogP contribution < -0.4 is 0 Å². The van der Waals surface area contributed by atoms with E-state index in [0.717, 1.165) is 25.9 Å². The highest BCUT2D eigenvalue weighted by atomic mass is 16.5. The van der Waals surface area contributed by atoms with E-state index in [1.165, 1.54) is 11.1 Å². The van der Waals surface area contributed by atoms with Gasteiger partial charge in [0.1, 0.15) is 0 Å². The van der Waals surface area contributed by atoms with Crippen molar-refractivity contribution in [3.63, 3.8) is 0 Å². The zero-order valence-electron chi connectivity index (χ0n) is 10.3. The van der Waals surface area contributed by atoms with Gasteiger partial charge < -0.3 is 9.84 Å². The zero-order chi connectivity index (χ0) is 12.5. The molecule has 1 rings (SSSR count). The first-order valence-corrected chi connectivity index (χ1v) is 6.01. The van der Waals surface area contributed by atoms with Gasteiger partial charge in [-0.15, -0.1) is 0 Å². The number of hydrogen-bond donors (Lipinski definition) is 1. The van der Waals surface area contributed by atoms with Crippen LogP contribution in [0, 0.1) is 0 Å². The van der Waals surface area contributed by atoms with E-state index in [9.17, 15) is 4.79 Å². The summed E-state index contributed by atoms with van der Waals surface area (Å²) in [5, 5.41) is 8.54. The van der Waals surface area contributed by atoms with Crippen LogP contribution in [0.5, 0.6) is 0 Å². The highest BCUT2D eigenvalue weighted by molar-refractivity contribution is 5.66. The van der Waals surface area contributed by atoms with Gasteiger partial charge in [0.2, 0.25) is 0 Å². The molecule has 0 aromatic heterocycles. The van der Waals surface area contributed by atoms with Crippen LogP contribution in [-0.4, -0.2) is 24.8 Å². The minimum absolute atomic E-state index is 0.246. The SMILES string of the molecule is COCCCc1ccc(CCCC(=O)O)cc1. The molecule has 17 heavy (non-hydrogen) atoms. The number of methoxy groups -OCH3 is 1. The molecule has 0 aliphatic rings. The summed E-state index contributed by atoms with van der Waals surface area (Å²) in [6.07, 6.45) is 3.86. The molecule has 0 unspecified atom stereocenters. The molecule has 3 nitrogen and oxygen atoms in total. The van der Waals surface area contributed by atoms with Crippen LogP contribution in [0.2, 0.25) is 0 Å². The fraction of sp³-hybridized carbons (Fsp3) is 0.500. The van der Waals surface area contributed by atoms with Crippen LogP contribution in [0.4, 0.5) is 0 Å². The number of carboxylic acid groups (broad SMARTS) is 1. The fourth-order valence-electron chi connectivity index (χ4n) is 1.74. The second-order valence-electron chi connectivity index (χ2n) is 4.16. The molecule has 0 atom stereocenters. The smallest absolute Gasteiger partial charge is 0.303 e. The normalized spacial score (nSPS) is 10.4. The minimum atomic E-state index is -0.721. The maximum atomic E-state index is 10.4. The van der Waals surface area contributed by atoms with Crippen molar-refractivity contribution >= 4 is 5.97 Å². The molecule has 0 aliphatic heterocycles. The van der Waals surface area contributed by atoms with E-state index in [1.54, 1.807) is 7.11 Å². The maximum absolute atomic E-state index is 10.4. The molecule has 0 saturated heterocycles. The van der Waals surface area contributed by atoms with Gasteiger partial charge in [-0.1, -0.05) is 24.3 Å². The third-order valence-corrected chi connectivity index (χ3v) is 2.69. The first-order chi connectivity index (χ1) is 8.22. The summed E-state index contributed by atoms with van der Waals surface area (Å²) < 4.78 is 5.01. The van der Waals surface area contributed by atoms with E-state index in [4.69, 9.17) is 9.84 Å². The van der Waals surface area contributed by atoms with Gasteiger partial charge >= 0.3 is 5.97 Å². The molecule has 0 radical (unpaired) electrons. The van der Waals surface area contributed by atoms with Crippen molar-refractivity contribution in [2.45, 2.75) is 32.1 Å². The summed E-state index contributed by atoms with van der Waals surface area (Å²) in [5.74, 6) is -0.721. The summed E-state index contributed by atoms with van der Waals surface area (Å²) in [6, 6.07) is 8.41. The molecule has 0 spiro atoms. The Hall–Kier alpha value is -1.35. The van der Waals surface area contributed by atoms with E-state index in [0.29, 0.717) is 6.42 Å². The van der Waals surface area contributed by atoms with E-state index < -0.39 is 5.97 Å². The Labute approximate surface area is 102 Å². The maximum Gasteiger partial charge on any atom is 0.303 e. The van der Waals surface area contributed by atoms with Crippen LogP contribution in [0.15, 0.2) is 24.3 Å². The van der Waals surface area contributed by atoms with Crippen molar-refractivity contribution in [2.24, 2.45) is 0 Å². The van der Waals surface area contributed by atoms with Gasteiger partial charge in [0.15, 0.2) is 0 Å². The van der Waals surface area contributed by atoms with Gasteiger partial charge in [-0.3, -0.25) is 4.79 Å². The van der Waals surface area contributed by atoms with Crippen molar-refractivity contribution in [3.8, 4) is 0 Å². The Morgan fingerprint density at radius 1 is 1.12 bits per heavy atom. The van der Waals surface area contributed by atoms with E-state index in [2.05, 4.69) is 24.3 Å². The number of aryl methyl sites for hydroxylation is 2. The summed E-state index contributed by atoms with van der Waals surface area (Å²) in [4.78, 5) is 10.4. The lowest BCUT2D eigenvalue weighted by Gasteiger charge is -2.03. The van der Waals surface area contributed by atoms with Gasteiger partial charge in [-0.05, 0) is 36.8 Å². The molecule has 3 heteroatoms. The van der Waals surface area contributed by atoms with Crippen LogP contribution in [0.1, 0.15) is 30.4 Å². The molecule has 0 bridgehead atoms. The standard InChI is InChI=1S/C14H20O3/c1-17-11-3-5-13-9-7-12(8-10-13)4-2-6-14(15)16/h7-10H,2-6,11H2,1H3,(H,15,16). The fourth-order valence-corrected chi connectivity index (χ4v) is 1.74. The lowest BCUT2D eigenvalue weighted by molar-refractivity contribution is -0.137. The molecule has 94 valence electrons. The first-order valence-electron chi connectivity index (χ1n) is 6.01. The Balaban J connectivity index is 2.31. The predicted molar refractivity (Wildman–Crippen MR) is 67.2 cm³/mol. The highest BCUT2D eigenvalue weighted by Gasteiger charge is 1.99. The number of benzene rings is 1. The largest absolute Gasteiger partial charge is 0.481 e. The van der Waals surface area contributed by atoms with Crippen molar-refractivity contribution in [3.05, 3.63) is 35.4 Å². The molecule has 1 aromatic rings. The predicted octanol–water partition coefficient (Wildman–Crippen LogP) is 2.67. The molecule has 0 saturated carbocycles. The second kappa shape index (κ2) is 7.85. The number of ether oxygens (including phenoxy) is 1. The summed E-state index contributed by atoms with van der Waals surface area (Å²) >= 11 is 0. The quantitative estimate of drug-likeness (QED) is 0.706. The van der Waals surface area contributed by atoms with Crippen molar-refractivity contribution < 1.29 is 14.6 Å². The summed E-state index contributed by atoms with van der Waals surface area (Å²) in [7, 11) is 1.71. The summed E-state index contributed by atoms with van der Waals surface area (Å²) in [6.45, 7) is 0.792. The molecular formula is C14H20O3. The van der Waals surface area contributed by atoms with Gasteiger partial charge in [-0.2, -0.15) is 0 Å². The number of rotatable bonds is 8. The Morgan fingerprint density at radius 3 is 2.12 bits per heavy atom. The molecule has 0 aliphatic carbocycles. The molecular weight excluding hydrogens is 216 g/mol. The van der Waals surface area contributed by atoms with Crippen LogP contribution in [0.3, 0.4) is 0 Å². The van der Waals surface area contributed by atoms with Crippen molar-refractivity contribution in [1.82, 2.24) is 0 Å². The van der Waals surface area contributed by atoms with Gasteiger partial charge in [0.05, 0.1) is 0 Å². The molecule has 1 N–H and O–H groups in total. The van der Waals surface area contributed by atoms with Crippen LogP contribution in [0.25, 0.3) is 0 Å². The van der Waals surface area contributed by atoms with E-state index in [1.807, 2.05) is 0 Å². The number of carboxylic acids is 1. The number of aliphatic carboxylic acids is 1. The average Bonchev–Trinajstić information content (AvgIpc) is 2.31. The van der Waals surface area contributed by atoms with E-state index in [-0.39, 0.29) is 6.42 Å². The third-order valence-electron chi connectivity index (χ3n) is 2.69. The monoisotopic (exact) mass is 236 g/mol. The first kappa shape index (κ1) is 13.7. The molecule has 0 fully saturated rings. The van der Waals surface area contributed by atoms with Crippen LogP contribution in [-0.2, 0) is 22.4 Å².